The molecule has 0 aliphatic carbocycles. The molecule has 6 heteroatoms. The summed E-state index contributed by atoms with van der Waals surface area (Å²) in [5.74, 6) is 0.147. The van der Waals surface area contributed by atoms with Gasteiger partial charge in [-0.25, -0.2) is 0 Å². The normalized spacial score (nSPS) is 10.5. The maximum Gasteiger partial charge on any atom is 0.187 e. The molecular weight excluding hydrogens is 342 g/mol. The lowest BCUT2D eigenvalue weighted by molar-refractivity contribution is 0.474. The Balaban J connectivity index is 2.07. The fraction of sp³-hybridized carbons (Fsp3) is 0.111. The Bertz CT molecular complexity index is 762. The predicted octanol–water partition coefficient (Wildman–Crippen LogP) is 3.62. The fourth-order valence-electron chi connectivity index (χ4n) is 2.04. The van der Waals surface area contributed by atoms with Crippen molar-refractivity contribution < 1.29 is 5.11 Å². The van der Waals surface area contributed by atoms with Crippen molar-refractivity contribution in [3.8, 4) is 5.75 Å². The molecule has 2 aromatic rings. The van der Waals surface area contributed by atoms with E-state index < -0.39 is 0 Å². The van der Waals surface area contributed by atoms with Gasteiger partial charge in [0.25, 0.3) is 0 Å². The SMILES string of the molecule is C=CCNC(=S)N/N=C\c1cc(Cc2ccccc2Cl)ccc1O. The number of benzene rings is 2. The summed E-state index contributed by atoms with van der Waals surface area (Å²) in [6.07, 6.45) is 3.89. The van der Waals surface area contributed by atoms with Crippen molar-refractivity contribution in [1.82, 2.24) is 10.7 Å². The first-order chi connectivity index (χ1) is 11.6. The number of hydrazone groups is 1. The van der Waals surface area contributed by atoms with Crippen LogP contribution in [0.15, 0.2) is 60.2 Å². The Labute approximate surface area is 151 Å². The highest BCUT2D eigenvalue weighted by atomic mass is 35.5. The van der Waals surface area contributed by atoms with Crippen molar-refractivity contribution in [2.45, 2.75) is 6.42 Å². The summed E-state index contributed by atoms with van der Waals surface area (Å²) in [7, 11) is 0. The molecule has 124 valence electrons. The lowest BCUT2D eigenvalue weighted by Gasteiger charge is -2.07. The third-order valence-electron chi connectivity index (χ3n) is 3.22. The van der Waals surface area contributed by atoms with Gasteiger partial charge in [0.15, 0.2) is 5.11 Å². The van der Waals surface area contributed by atoms with Crippen molar-refractivity contribution in [2.75, 3.05) is 6.54 Å². The molecule has 0 amide bonds. The van der Waals surface area contributed by atoms with Crippen LogP contribution in [-0.4, -0.2) is 23.0 Å². The quantitative estimate of drug-likeness (QED) is 0.319. The number of phenols is 1. The van der Waals surface area contributed by atoms with Crippen molar-refractivity contribution in [1.29, 1.82) is 0 Å². The van der Waals surface area contributed by atoms with Crippen LogP contribution in [0.2, 0.25) is 5.02 Å². The predicted molar refractivity (Wildman–Crippen MR) is 104 cm³/mol. The van der Waals surface area contributed by atoms with Gasteiger partial charge < -0.3 is 10.4 Å². The second kappa shape index (κ2) is 9.05. The highest BCUT2D eigenvalue weighted by molar-refractivity contribution is 7.80. The summed E-state index contributed by atoms with van der Waals surface area (Å²) < 4.78 is 0. The number of phenolic OH excluding ortho intramolecular Hbond substituents is 1. The molecule has 3 N–H and O–H groups in total. The van der Waals surface area contributed by atoms with Gasteiger partial charge in [0.1, 0.15) is 5.75 Å². The minimum Gasteiger partial charge on any atom is -0.507 e. The van der Waals surface area contributed by atoms with Crippen molar-refractivity contribution in [2.24, 2.45) is 5.10 Å². The van der Waals surface area contributed by atoms with Crippen LogP contribution in [-0.2, 0) is 6.42 Å². The molecule has 0 aliphatic rings. The molecule has 0 saturated heterocycles. The molecule has 0 heterocycles. The van der Waals surface area contributed by atoms with Gasteiger partial charge in [-0.2, -0.15) is 5.10 Å². The maximum absolute atomic E-state index is 9.96. The number of halogens is 1. The molecule has 24 heavy (non-hydrogen) atoms. The summed E-state index contributed by atoms with van der Waals surface area (Å²) in [5, 5.41) is 18.0. The van der Waals surface area contributed by atoms with Crippen molar-refractivity contribution >= 4 is 35.1 Å². The molecule has 0 bridgehead atoms. The molecule has 0 radical (unpaired) electrons. The van der Waals surface area contributed by atoms with Crippen LogP contribution in [0, 0.1) is 0 Å². The third-order valence-corrected chi connectivity index (χ3v) is 3.83. The molecule has 0 unspecified atom stereocenters. The Morgan fingerprint density at radius 1 is 1.29 bits per heavy atom. The van der Waals surface area contributed by atoms with Gasteiger partial charge in [-0.3, -0.25) is 5.43 Å². The minimum absolute atomic E-state index is 0.147. The molecule has 0 saturated carbocycles. The van der Waals surface area contributed by atoms with Gasteiger partial charge >= 0.3 is 0 Å². The Kier molecular flexibility index (Phi) is 6.78. The highest BCUT2D eigenvalue weighted by Crippen LogP contribution is 2.22. The average molecular weight is 360 g/mol. The smallest absolute Gasteiger partial charge is 0.187 e. The molecule has 2 rings (SSSR count). The van der Waals surface area contributed by atoms with Gasteiger partial charge in [-0.05, 0) is 48.0 Å². The molecule has 0 spiro atoms. The van der Waals surface area contributed by atoms with Gasteiger partial charge in [0.2, 0.25) is 0 Å². The zero-order valence-electron chi connectivity index (χ0n) is 13.0. The summed E-state index contributed by atoms with van der Waals surface area (Å²) in [6.45, 7) is 4.15. The van der Waals surface area contributed by atoms with E-state index in [1.807, 2.05) is 36.4 Å². The lowest BCUT2D eigenvalue weighted by atomic mass is 10.0. The summed E-state index contributed by atoms with van der Waals surface area (Å²) in [6, 6.07) is 13.1. The van der Waals surface area contributed by atoms with E-state index in [0.29, 0.717) is 23.6 Å². The van der Waals surface area contributed by atoms with E-state index in [1.165, 1.54) is 6.21 Å². The van der Waals surface area contributed by atoms with E-state index >= 15 is 0 Å². The fourth-order valence-corrected chi connectivity index (χ4v) is 2.38. The molecule has 0 fully saturated rings. The van der Waals surface area contributed by atoms with Gasteiger partial charge in [0, 0.05) is 17.1 Å². The second-order valence-corrected chi connectivity index (χ2v) is 5.85. The van der Waals surface area contributed by atoms with Crippen LogP contribution in [0.5, 0.6) is 5.75 Å². The number of hydrogen-bond acceptors (Lipinski definition) is 3. The largest absolute Gasteiger partial charge is 0.507 e. The van der Waals surface area contributed by atoms with Crippen molar-refractivity contribution in [3.63, 3.8) is 0 Å². The zero-order valence-corrected chi connectivity index (χ0v) is 14.6. The topological polar surface area (TPSA) is 56.7 Å². The molecular formula is C18H18ClN3OS. The van der Waals surface area contributed by atoms with Crippen LogP contribution in [0.4, 0.5) is 0 Å². The van der Waals surface area contributed by atoms with E-state index in [0.717, 1.165) is 16.1 Å². The van der Waals surface area contributed by atoms with Crippen LogP contribution in [0.25, 0.3) is 0 Å². The number of nitrogens with zero attached hydrogens (tertiary/aromatic N) is 1. The Morgan fingerprint density at radius 3 is 2.83 bits per heavy atom. The number of hydrogen-bond donors (Lipinski definition) is 3. The lowest BCUT2D eigenvalue weighted by Crippen LogP contribution is -2.31. The van der Waals surface area contributed by atoms with E-state index in [1.54, 1.807) is 12.1 Å². The second-order valence-electron chi connectivity index (χ2n) is 5.03. The summed E-state index contributed by atoms with van der Waals surface area (Å²) >= 11 is 11.2. The Hall–Kier alpha value is -2.37. The van der Waals surface area contributed by atoms with E-state index in [2.05, 4.69) is 22.4 Å². The number of rotatable bonds is 6. The minimum atomic E-state index is 0.147. The van der Waals surface area contributed by atoms with E-state index in [4.69, 9.17) is 23.8 Å². The highest BCUT2D eigenvalue weighted by Gasteiger charge is 2.04. The first-order valence-corrected chi connectivity index (χ1v) is 8.12. The maximum atomic E-state index is 9.96. The van der Waals surface area contributed by atoms with Crippen LogP contribution in [0.1, 0.15) is 16.7 Å². The van der Waals surface area contributed by atoms with E-state index in [-0.39, 0.29) is 5.75 Å². The van der Waals surface area contributed by atoms with Crippen molar-refractivity contribution in [3.05, 3.63) is 76.8 Å². The molecule has 2 aromatic carbocycles. The van der Waals surface area contributed by atoms with Gasteiger partial charge in [-0.1, -0.05) is 41.9 Å². The van der Waals surface area contributed by atoms with Crippen LogP contribution >= 0.6 is 23.8 Å². The molecule has 0 aromatic heterocycles. The van der Waals surface area contributed by atoms with Crippen LogP contribution in [0.3, 0.4) is 0 Å². The zero-order chi connectivity index (χ0) is 17.4. The average Bonchev–Trinajstić information content (AvgIpc) is 2.58. The monoisotopic (exact) mass is 359 g/mol. The Morgan fingerprint density at radius 2 is 2.08 bits per heavy atom. The standard InChI is InChI=1S/C18H18ClN3OS/c1-2-9-20-18(24)22-21-12-15-11-13(7-8-17(15)23)10-14-5-3-4-6-16(14)19/h2-8,11-12,23H,1,9-10H2,(H2,20,22,24)/b21-12-. The van der Waals surface area contributed by atoms with Gasteiger partial charge in [-0.15, -0.1) is 6.58 Å². The number of thiocarbonyl (C=S) groups is 1. The molecule has 0 atom stereocenters. The van der Waals surface area contributed by atoms with Gasteiger partial charge in [0.05, 0.1) is 6.21 Å². The van der Waals surface area contributed by atoms with Crippen LogP contribution < -0.4 is 10.7 Å². The van der Waals surface area contributed by atoms with E-state index in [9.17, 15) is 5.11 Å². The summed E-state index contributed by atoms with van der Waals surface area (Å²) in [4.78, 5) is 0. The first kappa shape index (κ1) is 18.0. The third kappa shape index (κ3) is 5.37. The first-order valence-electron chi connectivity index (χ1n) is 7.33. The molecule has 4 nitrogen and oxygen atoms in total. The molecule has 0 aliphatic heterocycles. The number of nitrogens with one attached hydrogen (secondary N) is 2. The number of aromatic hydroxyl groups is 1. The summed E-state index contributed by atoms with van der Waals surface area (Å²) in [5.41, 5.74) is 5.33.